The minimum absolute atomic E-state index is 0.566. The molecule has 0 aliphatic heterocycles. The van der Waals surface area contributed by atoms with Crippen LogP contribution in [0.3, 0.4) is 0 Å². The Balaban J connectivity index is 1.71. The largest absolute Gasteiger partial charge is 0.121 e. The first kappa shape index (κ1) is 13.8. The number of rotatable bonds is 4. The second kappa shape index (κ2) is 7.05. The van der Waals surface area contributed by atoms with Gasteiger partial charge in [-0.05, 0) is 37.1 Å². The fourth-order valence-electron chi connectivity index (χ4n) is 2.35. The lowest BCUT2D eigenvalue weighted by Gasteiger charge is -2.26. The van der Waals surface area contributed by atoms with E-state index in [0.717, 1.165) is 0 Å². The number of allylic oxidation sites excluding steroid dienone is 1. The molecule has 3 rings (SSSR count). The van der Waals surface area contributed by atoms with Crippen LogP contribution in [-0.2, 0) is 0 Å². The van der Waals surface area contributed by atoms with Crippen molar-refractivity contribution < 1.29 is 0 Å². The van der Waals surface area contributed by atoms with Gasteiger partial charge in [0.2, 0.25) is 0 Å². The SMILES string of the molecule is C1=C[C@@H](Sc2ccccc2)[C@H](Sc2ccccc2)CC1. The van der Waals surface area contributed by atoms with Crippen molar-refractivity contribution in [1.29, 1.82) is 0 Å². The molecule has 2 atom stereocenters. The van der Waals surface area contributed by atoms with E-state index in [0.29, 0.717) is 10.5 Å². The number of thioether (sulfide) groups is 2. The van der Waals surface area contributed by atoms with Gasteiger partial charge in [0.05, 0.1) is 0 Å². The molecule has 0 aromatic heterocycles. The predicted octanol–water partition coefficient (Wildman–Crippen LogP) is 5.66. The number of benzene rings is 2. The van der Waals surface area contributed by atoms with Gasteiger partial charge in [-0.3, -0.25) is 0 Å². The monoisotopic (exact) mass is 298 g/mol. The number of hydrogen-bond donors (Lipinski definition) is 0. The van der Waals surface area contributed by atoms with Gasteiger partial charge < -0.3 is 0 Å². The Bertz CT molecular complexity index is 548. The summed E-state index contributed by atoms with van der Waals surface area (Å²) in [5.74, 6) is 0. The average Bonchev–Trinajstić information content (AvgIpc) is 2.51. The Morgan fingerprint density at radius 3 is 2.00 bits per heavy atom. The van der Waals surface area contributed by atoms with Crippen molar-refractivity contribution >= 4 is 23.5 Å². The van der Waals surface area contributed by atoms with Gasteiger partial charge in [0.1, 0.15) is 0 Å². The van der Waals surface area contributed by atoms with Crippen LogP contribution in [0.15, 0.2) is 82.6 Å². The van der Waals surface area contributed by atoms with Gasteiger partial charge in [0, 0.05) is 20.3 Å². The summed E-state index contributed by atoms with van der Waals surface area (Å²) >= 11 is 4.00. The molecule has 1 aliphatic carbocycles. The van der Waals surface area contributed by atoms with Crippen molar-refractivity contribution in [3.8, 4) is 0 Å². The summed E-state index contributed by atoms with van der Waals surface area (Å²) in [5, 5.41) is 1.23. The van der Waals surface area contributed by atoms with Crippen molar-refractivity contribution in [3.05, 3.63) is 72.8 Å². The van der Waals surface area contributed by atoms with Gasteiger partial charge in [0.25, 0.3) is 0 Å². The maximum absolute atomic E-state index is 2.39. The Morgan fingerprint density at radius 1 is 0.750 bits per heavy atom. The lowest BCUT2D eigenvalue weighted by atomic mass is 10.1. The maximum Gasteiger partial charge on any atom is 0.0397 e. The molecule has 0 saturated carbocycles. The molecule has 0 unspecified atom stereocenters. The van der Waals surface area contributed by atoms with Crippen molar-refractivity contribution in [2.24, 2.45) is 0 Å². The van der Waals surface area contributed by atoms with Crippen LogP contribution in [0.4, 0.5) is 0 Å². The van der Waals surface area contributed by atoms with E-state index in [1.54, 1.807) is 0 Å². The zero-order valence-corrected chi connectivity index (χ0v) is 12.9. The third kappa shape index (κ3) is 3.71. The van der Waals surface area contributed by atoms with Crippen molar-refractivity contribution in [1.82, 2.24) is 0 Å². The fraction of sp³-hybridized carbons (Fsp3) is 0.222. The smallest absolute Gasteiger partial charge is 0.0397 e. The second-order valence-corrected chi connectivity index (χ2v) is 7.43. The van der Waals surface area contributed by atoms with Crippen LogP contribution in [0, 0.1) is 0 Å². The van der Waals surface area contributed by atoms with Crippen LogP contribution in [-0.4, -0.2) is 10.5 Å². The minimum Gasteiger partial charge on any atom is -0.121 e. The summed E-state index contributed by atoms with van der Waals surface area (Å²) in [7, 11) is 0. The number of hydrogen-bond acceptors (Lipinski definition) is 2. The van der Waals surface area contributed by atoms with Gasteiger partial charge in [-0.25, -0.2) is 0 Å². The molecule has 1 aliphatic rings. The lowest BCUT2D eigenvalue weighted by Crippen LogP contribution is -2.20. The van der Waals surface area contributed by atoms with Gasteiger partial charge in [0.15, 0.2) is 0 Å². The van der Waals surface area contributed by atoms with E-state index in [1.807, 2.05) is 23.5 Å². The van der Waals surface area contributed by atoms with Crippen molar-refractivity contribution in [2.75, 3.05) is 0 Å². The average molecular weight is 298 g/mol. The first-order valence-corrected chi connectivity index (χ1v) is 8.78. The van der Waals surface area contributed by atoms with E-state index in [-0.39, 0.29) is 0 Å². The Morgan fingerprint density at radius 2 is 1.35 bits per heavy atom. The Kier molecular flexibility index (Phi) is 4.88. The highest BCUT2D eigenvalue weighted by molar-refractivity contribution is 8.04. The van der Waals surface area contributed by atoms with Crippen molar-refractivity contribution in [2.45, 2.75) is 33.1 Å². The van der Waals surface area contributed by atoms with Gasteiger partial charge >= 0.3 is 0 Å². The summed E-state index contributed by atoms with van der Waals surface area (Å²) in [4.78, 5) is 2.74. The van der Waals surface area contributed by atoms with Crippen molar-refractivity contribution in [3.63, 3.8) is 0 Å². The molecule has 20 heavy (non-hydrogen) atoms. The molecule has 102 valence electrons. The maximum atomic E-state index is 2.39. The molecule has 0 nitrogen and oxygen atoms in total. The molecule has 0 spiro atoms. The highest BCUT2D eigenvalue weighted by Gasteiger charge is 2.23. The molecule has 0 heterocycles. The van der Waals surface area contributed by atoms with Crippen LogP contribution in [0.1, 0.15) is 12.8 Å². The Hall–Kier alpha value is -1.12. The second-order valence-electron chi connectivity index (χ2n) is 4.87. The summed E-state index contributed by atoms with van der Waals surface area (Å²) in [6.45, 7) is 0. The first-order valence-electron chi connectivity index (χ1n) is 7.02. The standard InChI is InChI=1S/C18H18S2/c1-3-9-15(10-4-1)19-17-13-7-8-14-18(17)20-16-11-5-2-6-12-16/h1-7,9-13,17-18H,8,14H2/t17-,18-/m1/s1. The summed E-state index contributed by atoms with van der Waals surface area (Å²) in [6, 6.07) is 21.5. The topological polar surface area (TPSA) is 0 Å². The molecule has 2 aromatic rings. The third-order valence-corrected chi connectivity index (χ3v) is 6.21. The van der Waals surface area contributed by atoms with E-state index < -0.39 is 0 Å². The molecule has 0 fully saturated rings. The van der Waals surface area contributed by atoms with Gasteiger partial charge in [-0.15, -0.1) is 23.5 Å². The minimum atomic E-state index is 0.566. The molecular formula is C18H18S2. The summed E-state index contributed by atoms with van der Waals surface area (Å²) in [5.41, 5.74) is 0. The lowest BCUT2D eigenvalue weighted by molar-refractivity contribution is 0.759. The van der Waals surface area contributed by atoms with Crippen LogP contribution in [0.5, 0.6) is 0 Å². The molecule has 0 amide bonds. The summed E-state index contributed by atoms with van der Waals surface area (Å²) < 4.78 is 0. The van der Waals surface area contributed by atoms with Crippen LogP contribution >= 0.6 is 23.5 Å². The first-order chi connectivity index (χ1) is 9.92. The summed E-state index contributed by atoms with van der Waals surface area (Å²) in [6.07, 6.45) is 7.20. The molecule has 0 radical (unpaired) electrons. The van der Waals surface area contributed by atoms with Gasteiger partial charge in [-0.1, -0.05) is 48.6 Å². The highest BCUT2D eigenvalue weighted by atomic mass is 32.2. The zero-order chi connectivity index (χ0) is 13.6. The van der Waals surface area contributed by atoms with E-state index in [4.69, 9.17) is 0 Å². The van der Waals surface area contributed by atoms with E-state index in [1.165, 1.54) is 22.6 Å². The molecule has 0 N–H and O–H groups in total. The van der Waals surface area contributed by atoms with Crippen LogP contribution in [0.25, 0.3) is 0 Å². The molecule has 0 saturated heterocycles. The zero-order valence-electron chi connectivity index (χ0n) is 11.3. The van der Waals surface area contributed by atoms with E-state index in [9.17, 15) is 0 Å². The quantitative estimate of drug-likeness (QED) is 0.668. The van der Waals surface area contributed by atoms with E-state index in [2.05, 4.69) is 72.8 Å². The van der Waals surface area contributed by atoms with Crippen LogP contribution < -0.4 is 0 Å². The highest BCUT2D eigenvalue weighted by Crippen LogP contribution is 2.39. The molecule has 2 heteroatoms. The van der Waals surface area contributed by atoms with E-state index >= 15 is 0 Å². The normalized spacial score (nSPS) is 21.8. The van der Waals surface area contributed by atoms with Gasteiger partial charge in [-0.2, -0.15) is 0 Å². The Labute approximate surface area is 129 Å². The van der Waals surface area contributed by atoms with Crippen LogP contribution in [0.2, 0.25) is 0 Å². The predicted molar refractivity (Wildman–Crippen MR) is 90.5 cm³/mol. The fourth-order valence-corrected chi connectivity index (χ4v) is 4.93. The molecule has 0 bridgehead atoms. The third-order valence-electron chi connectivity index (χ3n) is 3.36. The molecular weight excluding hydrogens is 280 g/mol. The molecule has 2 aromatic carbocycles.